The Balaban J connectivity index is 2.08. The van der Waals surface area contributed by atoms with Crippen LogP contribution in [0.1, 0.15) is 44.9 Å². The van der Waals surface area contributed by atoms with Crippen LogP contribution in [0.2, 0.25) is 0 Å². The van der Waals surface area contributed by atoms with Gasteiger partial charge in [-0.25, -0.2) is 0 Å². The molecular formula is C11H17NO. The lowest BCUT2D eigenvalue weighted by atomic mass is 9.70. The summed E-state index contributed by atoms with van der Waals surface area (Å²) in [5.74, 6) is 0.442. The standard InChI is InChI=1S/C11H17NO/c12-8-11(6-2-1-3-7-11)10(13)9-4-5-9/h9-10,13H,1-7H2. The summed E-state index contributed by atoms with van der Waals surface area (Å²) in [6.45, 7) is 0. The van der Waals surface area contributed by atoms with Gasteiger partial charge in [-0.15, -0.1) is 0 Å². The van der Waals surface area contributed by atoms with Crippen LogP contribution in [-0.2, 0) is 0 Å². The molecule has 0 saturated heterocycles. The quantitative estimate of drug-likeness (QED) is 0.706. The zero-order valence-electron chi connectivity index (χ0n) is 8.00. The van der Waals surface area contributed by atoms with E-state index in [0.717, 1.165) is 38.5 Å². The predicted octanol–water partition coefficient (Wildman–Crippen LogP) is 2.23. The Labute approximate surface area is 79.6 Å². The van der Waals surface area contributed by atoms with Gasteiger partial charge in [-0.1, -0.05) is 19.3 Å². The Morgan fingerprint density at radius 2 is 1.85 bits per heavy atom. The van der Waals surface area contributed by atoms with Crippen LogP contribution in [0.3, 0.4) is 0 Å². The molecule has 2 heteroatoms. The topological polar surface area (TPSA) is 44.0 Å². The number of aliphatic hydroxyl groups excluding tert-OH is 1. The molecule has 72 valence electrons. The predicted molar refractivity (Wildman–Crippen MR) is 49.9 cm³/mol. The van der Waals surface area contributed by atoms with Crippen LogP contribution >= 0.6 is 0 Å². The highest BCUT2D eigenvalue weighted by molar-refractivity contribution is 5.08. The maximum atomic E-state index is 10.0. The van der Waals surface area contributed by atoms with Gasteiger partial charge in [-0.3, -0.25) is 0 Å². The van der Waals surface area contributed by atoms with E-state index in [0.29, 0.717) is 5.92 Å². The van der Waals surface area contributed by atoms with Gasteiger partial charge in [0.1, 0.15) is 0 Å². The van der Waals surface area contributed by atoms with Gasteiger partial charge >= 0.3 is 0 Å². The van der Waals surface area contributed by atoms with Crippen molar-refractivity contribution in [2.24, 2.45) is 11.3 Å². The van der Waals surface area contributed by atoms with Gasteiger partial charge in [0.2, 0.25) is 0 Å². The molecule has 2 nitrogen and oxygen atoms in total. The second-order valence-electron chi connectivity index (χ2n) is 4.61. The monoisotopic (exact) mass is 179 g/mol. The minimum absolute atomic E-state index is 0.335. The zero-order chi connectivity index (χ0) is 9.31. The lowest BCUT2D eigenvalue weighted by Gasteiger charge is -2.35. The van der Waals surface area contributed by atoms with Crippen molar-refractivity contribution < 1.29 is 5.11 Å². The molecule has 2 aliphatic rings. The van der Waals surface area contributed by atoms with Crippen LogP contribution < -0.4 is 0 Å². The van der Waals surface area contributed by atoms with Crippen molar-refractivity contribution in [3.05, 3.63) is 0 Å². The molecule has 0 aromatic carbocycles. The zero-order valence-corrected chi connectivity index (χ0v) is 8.00. The molecule has 0 aliphatic heterocycles. The first-order valence-electron chi connectivity index (χ1n) is 5.38. The molecule has 0 bridgehead atoms. The minimum atomic E-state index is -0.376. The average molecular weight is 179 g/mol. The Bertz CT molecular complexity index is 221. The molecule has 1 atom stereocenters. The van der Waals surface area contributed by atoms with Gasteiger partial charge in [0.05, 0.1) is 17.6 Å². The van der Waals surface area contributed by atoms with E-state index in [9.17, 15) is 10.4 Å². The van der Waals surface area contributed by atoms with Crippen molar-refractivity contribution in [1.29, 1.82) is 5.26 Å². The summed E-state index contributed by atoms with van der Waals surface area (Å²) in [6, 6.07) is 2.39. The van der Waals surface area contributed by atoms with Crippen LogP contribution in [0.4, 0.5) is 0 Å². The first-order chi connectivity index (χ1) is 6.28. The second-order valence-corrected chi connectivity index (χ2v) is 4.61. The third-order valence-electron chi connectivity index (χ3n) is 3.60. The minimum Gasteiger partial charge on any atom is -0.391 e. The number of hydrogen-bond acceptors (Lipinski definition) is 2. The van der Waals surface area contributed by atoms with Crippen LogP contribution in [0, 0.1) is 22.7 Å². The largest absolute Gasteiger partial charge is 0.391 e. The number of rotatable bonds is 2. The average Bonchev–Trinajstić information content (AvgIpc) is 3.01. The Kier molecular flexibility index (Phi) is 2.29. The highest BCUT2D eigenvalue weighted by atomic mass is 16.3. The smallest absolute Gasteiger partial charge is 0.0835 e. The van der Waals surface area contributed by atoms with Crippen LogP contribution in [-0.4, -0.2) is 11.2 Å². The first-order valence-corrected chi connectivity index (χ1v) is 5.38. The number of nitriles is 1. The summed E-state index contributed by atoms with van der Waals surface area (Å²) in [5.41, 5.74) is -0.376. The fraction of sp³-hybridized carbons (Fsp3) is 0.909. The van der Waals surface area contributed by atoms with E-state index < -0.39 is 0 Å². The Morgan fingerprint density at radius 1 is 1.23 bits per heavy atom. The summed E-state index contributed by atoms with van der Waals surface area (Å²) < 4.78 is 0. The molecule has 13 heavy (non-hydrogen) atoms. The molecule has 0 heterocycles. The molecule has 2 saturated carbocycles. The van der Waals surface area contributed by atoms with E-state index in [-0.39, 0.29) is 11.5 Å². The van der Waals surface area contributed by atoms with Crippen molar-refractivity contribution in [2.45, 2.75) is 51.0 Å². The molecule has 0 spiro atoms. The summed E-state index contributed by atoms with van der Waals surface area (Å²) in [5, 5.41) is 19.2. The Morgan fingerprint density at radius 3 is 2.31 bits per heavy atom. The Hall–Kier alpha value is -0.550. The first kappa shape index (κ1) is 9.02. The third-order valence-corrected chi connectivity index (χ3v) is 3.60. The maximum absolute atomic E-state index is 10.0. The van der Waals surface area contributed by atoms with Gasteiger partial charge in [0.25, 0.3) is 0 Å². The number of aliphatic hydroxyl groups is 1. The summed E-state index contributed by atoms with van der Waals surface area (Å²) in [7, 11) is 0. The highest BCUT2D eigenvalue weighted by Crippen LogP contribution is 2.47. The molecule has 1 N–H and O–H groups in total. The van der Waals surface area contributed by atoms with E-state index in [4.69, 9.17) is 0 Å². The number of hydrogen-bond donors (Lipinski definition) is 1. The van der Waals surface area contributed by atoms with Crippen LogP contribution in [0.25, 0.3) is 0 Å². The highest BCUT2D eigenvalue weighted by Gasteiger charge is 2.46. The normalized spacial score (nSPS) is 29.2. The van der Waals surface area contributed by atoms with Crippen molar-refractivity contribution in [2.75, 3.05) is 0 Å². The van der Waals surface area contributed by atoms with Crippen LogP contribution in [0.15, 0.2) is 0 Å². The molecule has 0 aromatic heterocycles. The molecule has 2 fully saturated rings. The lowest BCUT2D eigenvalue weighted by molar-refractivity contribution is 0.0206. The van der Waals surface area contributed by atoms with Crippen molar-refractivity contribution in [3.8, 4) is 6.07 Å². The van der Waals surface area contributed by atoms with E-state index >= 15 is 0 Å². The third kappa shape index (κ3) is 1.58. The molecule has 2 aliphatic carbocycles. The molecule has 0 amide bonds. The fourth-order valence-corrected chi connectivity index (χ4v) is 2.52. The van der Waals surface area contributed by atoms with Gasteiger partial charge in [0, 0.05) is 0 Å². The summed E-state index contributed by atoms with van der Waals surface area (Å²) in [6.07, 6.45) is 7.24. The lowest BCUT2D eigenvalue weighted by Crippen LogP contribution is -2.37. The van der Waals surface area contributed by atoms with Crippen molar-refractivity contribution in [1.82, 2.24) is 0 Å². The van der Waals surface area contributed by atoms with E-state index in [1.54, 1.807) is 0 Å². The molecule has 2 rings (SSSR count). The molecular weight excluding hydrogens is 162 g/mol. The van der Waals surface area contributed by atoms with Gasteiger partial charge < -0.3 is 5.11 Å². The maximum Gasteiger partial charge on any atom is 0.0835 e. The number of nitrogens with zero attached hydrogens (tertiary/aromatic N) is 1. The summed E-state index contributed by atoms with van der Waals surface area (Å²) in [4.78, 5) is 0. The molecule has 0 radical (unpaired) electrons. The van der Waals surface area contributed by atoms with E-state index in [1.165, 1.54) is 6.42 Å². The van der Waals surface area contributed by atoms with Crippen molar-refractivity contribution >= 4 is 0 Å². The van der Waals surface area contributed by atoms with Crippen molar-refractivity contribution in [3.63, 3.8) is 0 Å². The molecule has 1 unspecified atom stereocenters. The van der Waals surface area contributed by atoms with Gasteiger partial charge in [-0.05, 0) is 31.6 Å². The SMILES string of the molecule is N#CC1(C(O)C2CC2)CCCCC1. The fourth-order valence-electron chi connectivity index (χ4n) is 2.52. The van der Waals surface area contributed by atoms with Gasteiger partial charge in [-0.2, -0.15) is 5.26 Å². The summed E-state index contributed by atoms with van der Waals surface area (Å²) >= 11 is 0. The van der Waals surface area contributed by atoms with Gasteiger partial charge in [0.15, 0.2) is 0 Å². The molecule has 0 aromatic rings. The second kappa shape index (κ2) is 3.31. The van der Waals surface area contributed by atoms with Crippen LogP contribution in [0.5, 0.6) is 0 Å². The van der Waals surface area contributed by atoms with E-state index in [1.807, 2.05) is 0 Å². The van der Waals surface area contributed by atoms with E-state index in [2.05, 4.69) is 6.07 Å².